The Labute approximate surface area is 224 Å². The number of carboxylic acids is 1. The van der Waals surface area contributed by atoms with Gasteiger partial charge < -0.3 is 10.4 Å². The number of nitrogens with one attached hydrogen (secondary N) is 2. The highest BCUT2D eigenvalue weighted by Gasteiger charge is 2.18. The summed E-state index contributed by atoms with van der Waals surface area (Å²) in [6.07, 6.45) is 6.65. The molecular weight excluding hydrogens is 500 g/mol. The van der Waals surface area contributed by atoms with E-state index < -0.39 is 16.0 Å². The number of aliphatic imine (C=N–C) groups is 1. The maximum atomic E-state index is 13.0. The molecule has 1 aromatic heterocycles. The van der Waals surface area contributed by atoms with Crippen LogP contribution in [0.15, 0.2) is 95.1 Å². The van der Waals surface area contributed by atoms with Crippen molar-refractivity contribution in [3.05, 3.63) is 96.3 Å². The first-order valence-corrected chi connectivity index (χ1v) is 13.8. The van der Waals surface area contributed by atoms with Crippen molar-refractivity contribution < 1.29 is 18.3 Å². The lowest BCUT2D eigenvalue weighted by atomic mass is 9.97. The summed E-state index contributed by atoms with van der Waals surface area (Å²) >= 11 is 0. The molecule has 3 rings (SSSR count). The fourth-order valence-electron chi connectivity index (χ4n) is 3.52. The van der Waals surface area contributed by atoms with Crippen LogP contribution in [0.4, 0.5) is 5.69 Å². The van der Waals surface area contributed by atoms with Crippen molar-refractivity contribution in [3.8, 4) is 0 Å². The van der Waals surface area contributed by atoms with Crippen LogP contribution in [0.1, 0.15) is 51.2 Å². The largest absolute Gasteiger partial charge is 0.481 e. The number of nitrogens with zero attached hydrogens (tertiary/aromatic N) is 2. The van der Waals surface area contributed by atoms with E-state index in [-0.39, 0.29) is 22.7 Å². The maximum absolute atomic E-state index is 13.0. The molecule has 9 heteroatoms. The molecule has 0 aliphatic carbocycles. The molecule has 0 aliphatic rings. The molecule has 0 aliphatic heterocycles. The summed E-state index contributed by atoms with van der Waals surface area (Å²) in [6, 6.07) is 19.5. The summed E-state index contributed by atoms with van der Waals surface area (Å²) in [7, 11) is -3.85. The van der Waals surface area contributed by atoms with Crippen LogP contribution in [-0.4, -0.2) is 37.0 Å². The number of carbonyl (C=O) groups is 1. The van der Waals surface area contributed by atoms with Gasteiger partial charge in [-0.15, -0.1) is 0 Å². The average Bonchev–Trinajstić information content (AvgIpc) is 2.88. The number of hydrogen-bond acceptors (Lipinski definition) is 5. The summed E-state index contributed by atoms with van der Waals surface area (Å²) < 4.78 is 28.6. The van der Waals surface area contributed by atoms with Crippen LogP contribution in [0.2, 0.25) is 0 Å². The first kappa shape index (κ1) is 28.6. The van der Waals surface area contributed by atoms with E-state index in [4.69, 9.17) is 5.11 Å². The van der Waals surface area contributed by atoms with Crippen molar-refractivity contribution in [2.75, 3.05) is 11.9 Å². The SMILES string of the molecule is CC(C)(C)CN=C(Nc1cccc(/C(=C\CCCC(=O)O)c2cccnc2)c1)NS(=O)(=O)c1ccccc1. The predicted molar refractivity (Wildman–Crippen MR) is 151 cm³/mol. The highest BCUT2D eigenvalue weighted by Crippen LogP contribution is 2.26. The summed E-state index contributed by atoms with van der Waals surface area (Å²) in [5.41, 5.74) is 3.17. The number of guanidine groups is 1. The van der Waals surface area contributed by atoms with Gasteiger partial charge in [0.25, 0.3) is 10.0 Å². The Morgan fingerprint density at radius 1 is 1.03 bits per heavy atom. The predicted octanol–water partition coefficient (Wildman–Crippen LogP) is 5.56. The number of aliphatic carboxylic acids is 1. The summed E-state index contributed by atoms with van der Waals surface area (Å²) in [5, 5.41) is 12.1. The van der Waals surface area contributed by atoms with Crippen LogP contribution >= 0.6 is 0 Å². The number of benzene rings is 2. The van der Waals surface area contributed by atoms with Gasteiger partial charge in [-0.05, 0) is 59.7 Å². The van der Waals surface area contributed by atoms with Crippen LogP contribution < -0.4 is 10.0 Å². The molecule has 0 unspecified atom stereocenters. The van der Waals surface area contributed by atoms with Crippen LogP contribution in [0.5, 0.6) is 0 Å². The number of hydrogen-bond donors (Lipinski definition) is 3. The highest BCUT2D eigenvalue weighted by molar-refractivity contribution is 7.90. The Bertz CT molecular complexity index is 1380. The first-order valence-electron chi connectivity index (χ1n) is 12.4. The molecule has 3 aromatic rings. The van der Waals surface area contributed by atoms with E-state index in [0.29, 0.717) is 25.1 Å². The molecule has 8 nitrogen and oxygen atoms in total. The molecule has 38 heavy (non-hydrogen) atoms. The number of unbranched alkanes of at least 4 members (excludes halogenated alkanes) is 1. The molecule has 2 aromatic carbocycles. The lowest BCUT2D eigenvalue weighted by Gasteiger charge is -2.18. The Morgan fingerprint density at radius 3 is 2.42 bits per heavy atom. The molecule has 0 spiro atoms. The van der Waals surface area contributed by atoms with E-state index in [1.54, 1.807) is 30.6 Å². The zero-order chi connectivity index (χ0) is 27.6. The second kappa shape index (κ2) is 13.0. The second-order valence-corrected chi connectivity index (χ2v) is 11.7. The average molecular weight is 535 g/mol. The maximum Gasteiger partial charge on any atom is 0.303 e. The minimum absolute atomic E-state index is 0.0908. The fourth-order valence-corrected chi connectivity index (χ4v) is 4.53. The lowest BCUT2D eigenvalue weighted by molar-refractivity contribution is -0.137. The topological polar surface area (TPSA) is 121 Å². The summed E-state index contributed by atoms with van der Waals surface area (Å²) in [5.74, 6) is -0.707. The van der Waals surface area contributed by atoms with Crippen LogP contribution in [-0.2, 0) is 14.8 Å². The van der Waals surface area contributed by atoms with E-state index in [1.807, 2.05) is 63.2 Å². The van der Waals surface area contributed by atoms with Gasteiger partial charge in [0, 0.05) is 36.6 Å². The molecule has 0 saturated carbocycles. The highest BCUT2D eigenvalue weighted by atomic mass is 32.2. The number of carboxylic acid groups (broad SMARTS) is 1. The van der Waals surface area contributed by atoms with Gasteiger partial charge >= 0.3 is 5.97 Å². The Morgan fingerprint density at radius 2 is 1.76 bits per heavy atom. The van der Waals surface area contributed by atoms with Gasteiger partial charge in [-0.2, -0.15) is 0 Å². The minimum atomic E-state index is -3.85. The van der Waals surface area contributed by atoms with Crippen molar-refractivity contribution in [2.45, 2.75) is 44.9 Å². The van der Waals surface area contributed by atoms with Crippen molar-refractivity contribution in [2.24, 2.45) is 10.4 Å². The summed E-state index contributed by atoms with van der Waals surface area (Å²) in [4.78, 5) is 19.9. The number of allylic oxidation sites excluding steroid dienone is 1. The van der Waals surface area contributed by atoms with Crippen LogP contribution in [0.3, 0.4) is 0 Å². The Kier molecular flexibility index (Phi) is 9.78. The molecule has 0 fully saturated rings. The molecule has 0 atom stereocenters. The van der Waals surface area contributed by atoms with Gasteiger partial charge in [0.05, 0.1) is 4.90 Å². The minimum Gasteiger partial charge on any atom is -0.481 e. The Balaban J connectivity index is 1.92. The van der Waals surface area contributed by atoms with Crippen molar-refractivity contribution in [1.82, 2.24) is 9.71 Å². The van der Waals surface area contributed by atoms with E-state index in [9.17, 15) is 13.2 Å². The normalized spacial score (nSPS) is 12.7. The smallest absolute Gasteiger partial charge is 0.303 e. The summed E-state index contributed by atoms with van der Waals surface area (Å²) in [6.45, 7) is 6.47. The van der Waals surface area contributed by atoms with Gasteiger partial charge in [-0.3, -0.25) is 14.8 Å². The van der Waals surface area contributed by atoms with Gasteiger partial charge in [0.2, 0.25) is 5.96 Å². The third-order valence-corrected chi connectivity index (χ3v) is 6.70. The number of rotatable bonds is 10. The first-order chi connectivity index (χ1) is 18.0. The zero-order valence-electron chi connectivity index (χ0n) is 21.9. The third kappa shape index (κ3) is 9.15. The molecule has 0 radical (unpaired) electrons. The second-order valence-electron chi connectivity index (χ2n) is 10.00. The van der Waals surface area contributed by atoms with E-state index in [0.717, 1.165) is 16.7 Å². The van der Waals surface area contributed by atoms with E-state index in [2.05, 4.69) is 20.0 Å². The van der Waals surface area contributed by atoms with Crippen LogP contribution in [0.25, 0.3) is 5.57 Å². The number of aromatic nitrogens is 1. The van der Waals surface area contributed by atoms with Gasteiger partial charge in [-0.1, -0.05) is 63.2 Å². The molecule has 1 heterocycles. The van der Waals surface area contributed by atoms with Crippen LogP contribution in [0, 0.1) is 5.41 Å². The van der Waals surface area contributed by atoms with Gasteiger partial charge in [0.1, 0.15) is 0 Å². The number of pyridine rings is 1. The molecule has 200 valence electrons. The molecule has 3 N–H and O–H groups in total. The standard InChI is InChI=1S/C29H34N4O4S/c1-29(2,3)21-31-28(33-38(36,37)25-14-5-4-6-15-25)32-24-13-9-11-22(19-24)26(16-7-8-17-27(34)35)23-12-10-18-30-20-23/h4-6,9-16,18-20H,7-8,17,21H2,1-3H3,(H,34,35)(H2,31,32,33)/b26-16+. The quantitative estimate of drug-likeness (QED) is 0.178. The third-order valence-electron chi connectivity index (χ3n) is 5.35. The van der Waals surface area contributed by atoms with Crippen molar-refractivity contribution >= 4 is 33.2 Å². The number of anilines is 1. The molecule has 0 bridgehead atoms. The molecular formula is C29H34N4O4S. The zero-order valence-corrected chi connectivity index (χ0v) is 22.7. The number of sulfonamides is 1. The molecule has 0 saturated heterocycles. The van der Waals surface area contributed by atoms with E-state index in [1.165, 1.54) is 12.1 Å². The Hall–Kier alpha value is -3.98. The van der Waals surface area contributed by atoms with Crippen molar-refractivity contribution in [1.29, 1.82) is 0 Å². The van der Waals surface area contributed by atoms with E-state index >= 15 is 0 Å². The van der Waals surface area contributed by atoms with Gasteiger partial charge in [0.15, 0.2) is 0 Å². The lowest BCUT2D eigenvalue weighted by Crippen LogP contribution is -2.36. The van der Waals surface area contributed by atoms with Crippen molar-refractivity contribution in [3.63, 3.8) is 0 Å². The fraction of sp³-hybridized carbons (Fsp3) is 0.276. The van der Waals surface area contributed by atoms with Gasteiger partial charge in [-0.25, -0.2) is 13.1 Å². The molecule has 0 amide bonds. The monoisotopic (exact) mass is 534 g/mol.